The molecule has 3 rings (SSSR count). The molecule has 0 fully saturated rings. The van der Waals surface area contributed by atoms with Gasteiger partial charge >= 0.3 is 0 Å². The van der Waals surface area contributed by atoms with Crippen molar-refractivity contribution in [2.45, 2.75) is 0 Å². The van der Waals surface area contributed by atoms with E-state index in [1.165, 1.54) is 34.8 Å². The van der Waals surface area contributed by atoms with Crippen molar-refractivity contribution in [1.29, 1.82) is 0 Å². The molecule has 0 aliphatic heterocycles. The maximum atomic E-state index is 12.1. The van der Waals surface area contributed by atoms with Gasteiger partial charge in [-0.15, -0.1) is 22.7 Å². The molecule has 0 spiro atoms. The van der Waals surface area contributed by atoms with Gasteiger partial charge in [-0.05, 0) is 28.1 Å². The second-order valence-corrected chi connectivity index (χ2v) is 7.72. The van der Waals surface area contributed by atoms with E-state index < -0.39 is 4.92 Å². The van der Waals surface area contributed by atoms with E-state index in [-0.39, 0.29) is 11.6 Å². The second kappa shape index (κ2) is 6.57. The van der Waals surface area contributed by atoms with E-state index in [9.17, 15) is 14.9 Å². The molecule has 0 saturated heterocycles. The molecule has 3 aromatic rings. The fourth-order valence-corrected chi connectivity index (χ4v) is 3.83. The normalized spacial score (nSPS) is 10.5. The van der Waals surface area contributed by atoms with E-state index >= 15 is 0 Å². The average molecular weight is 410 g/mol. The lowest BCUT2D eigenvalue weighted by Crippen LogP contribution is -2.09. The molecule has 1 N–H and O–H groups in total. The molecule has 9 heteroatoms. The first-order valence-corrected chi connectivity index (χ1v) is 8.79. The summed E-state index contributed by atoms with van der Waals surface area (Å²) in [5.74, 6) is -0.236. The molecule has 1 aromatic carbocycles. The third kappa shape index (κ3) is 3.63. The molecule has 0 atom stereocenters. The lowest BCUT2D eigenvalue weighted by atomic mass is 10.1. The molecule has 116 valence electrons. The molecule has 0 aliphatic carbocycles. The molecule has 0 unspecified atom stereocenters. The van der Waals surface area contributed by atoms with E-state index in [0.717, 1.165) is 3.79 Å². The molecule has 23 heavy (non-hydrogen) atoms. The van der Waals surface area contributed by atoms with E-state index in [2.05, 4.69) is 26.2 Å². The van der Waals surface area contributed by atoms with Crippen LogP contribution in [0, 0.1) is 10.1 Å². The number of nitrogens with one attached hydrogen (secondary N) is 1. The molecule has 2 aromatic heterocycles. The van der Waals surface area contributed by atoms with Gasteiger partial charge in [0.15, 0.2) is 5.13 Å². The van der Waals surface area contributed by atoms with Crippen molar-refractivity contribution in [3.05, 3.63) is 60.6 Å². The van der Waals surface area contributed by atoms with Gasteiger partial charge in [-0.3, -0.25) is 20.2 Å². The Kier molecular flexibility index (Phi) is 4.51. The minimum absolute atomic E-state index is 0.00419. The van der Waals surface area contributed by atoms with Gasteiger partial charge in [-0.1, -0.05) is 12.1 Å². The largest absolute Gasteiger partial charge is 0.297 e. The van der Waals surface area contributed by atoms with Crippen molar-refractivity contribution in [1.82, 2.24) is 4.98 Å². The van der Waals surface area contributed by atoms with Gasteiger partial charge in [0.25, 0.3) is 11.6 Å². The van der Waals surface area contributed by atoms with Crippen LogP contribution in [0.2, 0.25) is 0 Å². The van der Waals surface area contributed by atoms with E-state index in [1.807, 2.05) is 0 Å². The van der Waals surface area contributed by atoms with Crippen LogP contribution in [0.1, 0.15) is 9.67 Å². The van der Waals surface area contributed by atoms with Gasteiger partial charge in [0.2, 0.25) is 0 Å². The third-order valence-electron chi connectivity index (χ3n) is 2.87. The fourth-order valence-electron chi connectivity index (χ4n) is 1.84. The first-order chi connectivity index (χ1) is 11.0. The van der Waals surface area contributed by atoms with Crippen molar-refractivity contribution in [3.8, 4) is 11.3 Å². The van der Waals surface area contributed by atoms with Crippen LogP contribution in [-0.4, -0.2) is 15.8 Å². The number of rotatable bonds is 4. The number of nitro benzene ring substituents is 1. The smallest absolute Gasteiger partial charge is 0.270 e. The molecule has 1 amide bonds. The number of anilines is 1. The van der Waals surface area contributed by atoms with Crippen LogP contribution in [-0.2, 0) is 0 Å². The van der Waals surface area contributed by atoms with Crippen LogP contribution in [0.4, 0.5) is 10.8 Å². The molecule has 0 saturated carbocycles. The van der Waals surface area contributed by atoms with Crippen LogP contribution in [0.25, 0.3) is 11.3 Å². The minimum Gasteiger partial charge on any atom is -0.297 e. The van der Waals surface area contributed by atoms with Gasteiger partial charge in [0, 0.05) is 23.1 Å². The van der Waals surface area contributed by atoms with E-state index in [1.54, 1.807) is 29.6 Å². The van der Waals surface area contributed by atoms with E-state index in [4.69, 9.17) is 0 Å². The Morgan fingerprint density at radius 1 is 1.30 bits per heavy atom. The maximum Gasteiger partial charge on any atom is 0.270 e. The number of benzene rings is 1. The zero-order valence-corrected chi connectivity index (χ0v) is 14.6. The van der Waals surface area contributed by atoms with Gasteiger partial charge in [-0.2, -0.15) is 0 Å². The molecule has 2 heterocycles. The Morgan fingerprint density at radius 2 is 2.13 bits per heavy atom. The zero-order chi connectivity index (χ0) is 16.4. The summed E-state index contributed by atoms with van der Waals surface area (Å²) in [6, 6.07) is 9.75. The predicted molar refractivity (Wildman–Crippen MR) is 94.2 cm³/mol. The number of carbonyl (C=O) groups is 1. The number of hydrogen-bond donors (Lipinski definition) is 1. The van der Waals surface area contributed by atoms with Crippen molar-refractivity contribution in [2.24, 2.45) is 0 Å². The summed E-state index contributed by atoms with van der Waals surface area (Å²) < 4.78 is 0.874. The number of aromatic nitrogens is 1. The first kappa shape index (κ1) is 15.8. The highest BCUT2D eigenvalue weighted by molar-refractivity contribution is 9.11. The first-order valence-electron chi connectivity index (χ1n) is 6.30. The third-order valence-corrected chi connectivity index (χ3v) is 5.25. The highest BCUT2D eigenvalue weighted by Gasteiger charge is 2.13. The summed E-state index contributed by atoms with van der Waals surface area (Å²) in [7, 11) is 0. The quantitative estimate of drug-likeness (QED) is 0.495. The number of nitro groups is 1. The Balaban J connectivity index is 1.79. The van der Waals surface area contributed by atoms with Crippen molar-refractivity contribution in [2.75, 3.05) is 5.32 Å². The summed E-state index contributed by atoms with van der Waals surface area (Å²) in [6.45, 7) is 0. The molecular weight excluding hydrogens is 402 g/mol. The maximum absolute atomic E-state index is 12.1. The molecule has 0 radical (unpaired) electrons. The summed E-state index contributed by atoms with van der Waals surface area (Å²) in [5, 5.41) is 15.7. The van der Waals surface area contributed by atoms with Crippen molar-refractivity contribution in [3.63, 3.8) is 0 Å². The number of carbonyl (C=O) groups excluding carboxylic acids is 1. The number of halogens is 1. The van der Waals surface area contributed by atoms with Gasteiger partial charge in [-0.25, -0.2) is 4.98 Å². The number of nitrogens with zero attached hydrogens (tertiary/aromatic N) is 2. The zero-order valence-electron chi connectivity index (χ0n) is 11.4. The van der Waals surface area contributed by atoms with Crippen molar-refractivity contribution >= 4 is 55.3 Å². The fraction of sp³-hybridized carbons (Fsp3) is 0. The Morgan fingerprint density at radius 3 is 2.83 bits per heavy atom. The van der Waals surface area contributed by atoms with Crippen LogP contribution in [0.5, 0.6) is 0 Å². The van der Waals surface area contributed by atoms with Crippen LogP contribution < -0.4 is 5.32 Å². The highest BCUT2D eigenvalue weighted by atomic mass is 79.9. The summed E-state index contributed by atoms with van der Waals surface area (Å²) in [4.78, 5) is 27.3. The Labute approximate surface area is 147 Å². The van der Waals surface area contributed by atoms with Gasteiger partial charge in [0.05, 0.1) is 19.3 Å². The lowest BCUT2D eigenvalue weighted by Gasteiger charge is -1.99. The highest BCUT2D eigenvalue weighted by Crippen LogP contribution is 2.28. The van der Waals surface area contributed by atoms with Crippen LogP contribution in [0.3, 0.4) is 0 Å². The molecule has 0 bridgehead atoms. The summed E-state index contributed by atoms with van der Waals surface area (Å²) in [5.41, 5.74) is 1.22. The van der Waals surface area contributed by atoms with Gasteiger partial charge in [0.1, 0.15) is 0 Å². The number of thiophene rings is 1. The SMILES string of the molecule is O=C(Nc1nc(-c2cccc([N+](=O)[O-])c2)cs1)c1ccc(Br)s1. The van der Waals surface area contributed by atoms with Crippen LogP contribution >= 0.6 is 38.6 Å². The summed E-state index contributed by atoms with van der Waals surface area (Å²) >= 11 is 5.91. The number of non-ortho nitro benzene ring substituents is 1. The Hall–Kier alpha value is -2.10. The number of hydrogen-bond acceptors (Lipinski definition) is 6. The minimum atomic E-state index is -0.451. The molecular formula is C14H8BrN3O3S2. The molecule has 0 aliphatic rings. The molecule has 6 nitrogen and oxygen atoms in total. The monoisotopic (exact) mass is 409 g/mol. The average Bonchev–Trinajstić information content (AvgIpc) is 3.16. The van der Waals surface area contributed by atoms with E-state index in [0.29, 0.717) is 21.3 Å². The Bertz CT molecular complexity index is 891. The standard InChI is InChI=1S/C14H8BrN3O3S2/c15-12-5-4-11(23-12)13(19)17-14-16-10(7-22-14)8-2-1-3-9(6-8)18(20)21/h1-7H,(H,16,17,19). The topological polar surface area (TPSA) is 85.1 Å². The summed E-state index contributed by atoms with van der Waals surface area (Å²) in [6.07, 6.45) is 0. The van der Waals surface area contributed by atoms with Crippen molar-refractivity contribution < 1.29 is 9.72 Å². The second-order valence-electron chi connectivity index (χ2n) is 4.40. The predicted octanol–water partition coefficient (Wildman–Crippen LogP) is 4.79. The number of amides is 1. The van der Waals surface area contributed by atoms with Gasteiger partial charge < -0.3 is 0 Å². The lowest BCUT2D eigenvalue weighted by molar-refractivity contribution is -0.384. The number of thiazole rings is 1. The van der Waals surface area contributed by atoms with Crippen LogP contribution in [0.15, 0.2) is 45.6 Å².